The summed E-state index contributed by atoms with van der Waals surface area (Å²) in [4.78, 5) is 28.8. The van der Waals surface area contributed by atoms with Crippen LogP contribution in [-0.4, -0.2) is 24.8 Å². The van der Waals surface area contributed by atoms with Crippen LogP contribution in [0.5, 0.6) is 23.0 Å². The van der Waals surface area contributed by atoms with Gasteiger partial charge in [0.2, 0.25) is 0 Å². The molecule has 5 aromatic rings. The summed E-state index contributed by atoms with van der Waals surface area (Å²) in [6.45, 7) is 63.7. The van der Waals surface area contributed by atoms with Gasteiger partial charge in [-0.2, -0.15) is 0 Å². The van der Waals surface area contributed by atoms with Gasteiger partial charge in [0.05, 0.1) is 24.3 Å². The second-order valence-corrected chi connectivity index (χ2v) is 37.9. The van der Waals surface area contributed by atoms with E-state index >= 15 is 0 Å². The number of hydrogen-bond acceptors (Lipinski definition) is 4. The molecule has 0 fully saturated rings. The van der Waals surface area contributed by atoms with Crippen molar-refractivity contribution in [1.29, 1.82) is 0 Å². The number of hydrogen-bond donors (Lipinski definition) is 0. The standard InChI is InChI=1S/C100H136O6/c1-29-31-33-35-37-39-41-43-61-105-87-67-76(56-50-72-47-53-74(54-48-72)80(58-60-82(96(14,15)16)90(102)70(4)94(8,9)10)78-65-85(99(23,24)25)92(104)86(66-78)100(26,27)28)88(106-62-44-42-40-38-36-34-32-30-2)68-75(87)55-49-71-45-51-73(52-46-71)79(57-59-81(95(11,12)13)89(101)69(3)93(5,6)7)77-63-83(97(17,18)19)91(103)84(64-77)98(20,21)22/h45-48,51-54,57-60,63-68H,3-4,29-44,61-62H2,1-2,5-28H3/b79-57-,80-58-,81-59-,82-60-. The van der Waals surface area contributed by atoms with Gasteiger partial charge in [0, 0.05) is 56.7 Å². The van der Waals surface area contributed by atoms with E-state index in [4.69, 9.17) is 9.47 Å². The summed E-state index contributed by atoms with van der Waals surface area (Å²) in [5.74, 6) is 15.4. The Morgan fingerprint density at radius 2 is 0.604 bits per heavy atom. The lowest BCUT2D eigenvalue weighted by Gasteiger charge is -2.28. The molecule has 0 heterocycles. The predicted molar refractivity (Wildman–Crippen MR) is 452 cm³/mol. The van der Waals surface area contributed by atoms with E-state index in [9.17, 15) is 19.8 Å². The molecule has 0 amide bonds. The van der Waals surface area contributed by atoms with Crippen LogP contribution >= 0.6 is 0 Å². The van der Waals surface area contributed by atoms with Gasteiger partial charge in [0.25, 0.3) is 0 Å². The zero-order valence-corrected chi connectivity index (χ0v) is 71.0. The average molecular weight is 1430 g/mol. The maximum Gasteiger partial charge on any atom is 0.186 e. The summed E-state index contributed by atoms with van der Waals surface area (Å²) in [5.41, 5.74) is 10.1. The van der Waals surface area contributed by atoms with Gasteiger partial charge in [0.1, 0.15) is 11.5 Å². The van der Waals surface area contributed by atoms with Crippen molar-refractivity contribution in [2.45, 2.75) is 304 Å². The monoisotopic (exact) mass is 1430 g/mol. The van der Waals surface area contributed by atoms with Gasteiger partial charge in [-0.15, -0.1) is 0 Å². The first-order chi connectivity index (χ1) is 49.1. The number of Topliss-reactive ketones (excluding diaryl/α,β-unsaturated/α-hetero) is 2. The molecule has 0 unspecified atom stereocenters. The molecular formula is C100H136O6. The highest BCUT2D eigenvalue weighted by atomic mass is 16.5. The lowest BCUT2D eigenvalue weighted by Crippen LogP contribution is -2.25. The summed E-state index contributed by atoms with van der Waals surface area (Å²) >= 11 is 0. The molecule has 6 nitrogen and oxygen atoms in total. The number of allylic oxidation sites excluding steroid dienone is 8. The van der Waals surface area contributed by atoms with Crippen LogP contribution in [-0.2, 0) is 41.5 Å². The van der Waals surface area contributed by atoms with E-state index in [0.29, 0.717) is 58.1 Å². The van der Waals surface area contributed by atoms with Crippen LogP contribution in [0, 0.1) is 45.3 Å². The average Bonchev–Trinajstić information content (AvgIpc) is 0.773. The molecule has 0 saturated carbocycles. The Morgan fingerprint density at radius 3 is 0.849 bits per heavy atom. The molecule has 5 rings (SSSR count). The minimum Gasteiger partial charge on any atom is -0.492 e. The van der Waals surface area contributed by atoms with Crippen molar-refractivity contribution in [3.05, 3.63) is 211 Å². The van der Waals surface area contributed by atoms with Gasteiger partial charge in [0.15, 0.2) is 23.1 Å². The third-order valence-corrected chi connectivity index (χ3v) is 20.0. The molecule has 0 aliphatic carbocycles. The topological polar surface area (TPSA) is 92.4 Å². The summed E-state index contributed by atoms with van der Waals surface area (Å²) in [6, 6.07) is 28.7. The van der Waals surface area contributed by atoms with E-state index in [0.717, 1.165) is 105 Å². The predicted octanol–water partition coefficient (Wildman–Crippen LogP) is 28.2. The van der Waals surface area contributed by atoms with Crippen LogP contribution in [0.15, 0.2) is 145 Å². The van der Waals surface area contributed by atoms with Crippen LogP contribution in [0.2, 0.25) is 0 Å². The Hall–Kier alpha value is -7.80. The molecule has 0 atom stereocenters. The highest BCUT2D eigenvalue weighted by molar-refractivity contribution is 6.10. The van der Waals surface area contributed by atoms with Gasteiger partial charge < -0.3 is 9.47 Å². The molecule has 6 heteroatoms. The normalized spacial score (nSPS) is 13.2. The van der Waals surface area contributed by atoms with E-state index in [-0.39, 0.29) is 23.1 Å². The fourth-order valence-electron chi connectivity index (χ4n) is 12.8. The van der Waals surface area contributed by atoms with E-state index < -0.39 is 43.3 Å². The Labute approximate surface area is 645 Å². The molecule has 2 radical (unpaired) electrons. The Morgan fingerprint density at radius 1 is 0.340 bits per heavy atom. The Balaban J connectivity index is 1.75. The highest BCUT2D eigenvalue weighted by Gasteiger charge is 2.34. The van der Waals surface area contributed by atoms with Crippen molar-refractivity contribution >= 4 is 22.7 Å². The number of unbranched alkanes of at least 4 members (excludes halogenated alkanes) is 14. The molecule has 0 aliphatic heterocycles. The quantitative estimate of drug-likeness (QED) is 0.0198. The van der Waals surface area contributed by atoms with Gasteiger partial charge in [-0.3, -0.25) is 19.8 Å². The fraction of sp³-hybridized carbons (Fsp3) is 0.520. The minimum atomic E-state index is -0.498. The third kappa shape index (κ3) is 26.3. The van der Waals surface area contributed by atoms with Crippen LogP contribution in [0.25, 0.3) is 11.1 Å². The van der Waals surface area contributed by atoms with Crippen molar-refractivity contribution in [2.75, 3.05) is 13.2 Å². The molecule has 0 bridgehead atoms. The molecule has 0 aliphatic rings. The SMILES string of the molecule is C=C(C(=O)/C(=C/C=C(/c1ccc(C#Cc2cc(OCCCCCCCCCC)c(C#Cc3ccc(/C(=C/C=C(/C(=O)C(=C)C(C)(C)C)C(C)(C)C)c4cc(C(C)(C)C)c([O])c(C(C)(C)C)c4)cc3)cc2OCCCCCCCCCC)cc1)c1cc(C(C)(C)C)c([O])c(C(C)(C)C)c1)C(C)(C)C)C(C)(C)C. The van der Waals surface area contributed by atoms with E-state index in [1.807, 2.05) is 127 Å². The first kappa shape index (κ1) is 88.8. The zero-order chi connectivity index (χ0) is 79.6. The van der Waals surface area contributed by atoms with Crippen LogP contribution in [0.3, 0.4) is 0 Å². The van der Waals surface area contributed by atoms with Crippen molar-refractivity contribution in [2.24, 2.45) is 21.7 Å². The van der Waals surface area contributed by atoms with Crippen LogP contribution in [0.4, 0.5) is 0 Å². The molecule has 106 heavy (non-hydrogen) atoms. The summed E-state index contributed by atoms with van der Waals surface area (Å²) in [5, 5.41) is 28.7. The molecule has 0 saturated heterocycles. The van der Waals surface area contributed by atoms with E-state index in [1.165, 1.54) is 64.2 Å². The minimum absolute atomic E-state index is 0.0536. The zero-order valence-electron chi connectivity index (χ0n) is 71.0. The molecule has 0 aromatic heterocycles. The molecule has 0 spiro atoms. The van der Waals surface area contributed by atoms with Gasteiger partial charge in [-0.25, -0.2) is 0 Å². The number of carbonyl (C=O) groups excluding carboxylic acids is 2. The van der Waals surface area contributed by atoms with Crippen LogP contribution in [0.1, 0.15) is 350 Å². The molecule has 0 N–H and O–H groups in total. The van der Waals surface area contributed by atoms with Gasteiger partial charge >= 0.3 is 0 Å². The third-order valence-electron chi connectivity index (χ3n) is 20.0. The van der Waals surface area contributed by atoms with Gasteiger partial charge in [-0.1, -0.05) is 355 Å². The Bertz CT molecular complexity index is 3760. The van der Waals surface area contributed by atoms with Crippen molar-refractivity contribution in [3.8, 4) is 46.7 Å². The maximum absolute atomic E-state index is 14.4. The maximum atomic E-state index is 14.4. The van der Waals surface area contributed by atoms with Gasteiger partial charge in [-0.05, 0) is 149 Å². The number of ether oxygens (including phenoxy) is 2. The Kier molecular flexibility index (Phi) is 31.7. The first-order valence-corrected chi connectivity index (χ1v) is 39.9. The summed E-state index contributed by atoms with van der Waals surface area (Å²) in [7, 11) is 0. The van der Waals surface area contributed by atoms with Crippen molar-refractivity contribution < 1.29 is 29.3 Å². The van der Waals surface area contributed by atoms with Crippen molar-refractivity contribution in [1.82, 2.24) is 0 Å². The molecule has 572 valence electrons. The fourth-order valence-corrected chi connectivity index (χ4v) is 12.8. The lowest BCUT2D eigenvalue weighted by atomic mass is 9.75. The number of rotatable bonds is 30. The van der Waals surface area contributed by atoms with Crippen molar-refractivity contribution in [3.63, 3.8) is 0 Å². The largest absolute Gasteiger partial charge is 0.492 e. The number of benzene rings is 5. The summed E-state index contributed by atoms with van der Waals surface area (Å²) in [6.07, 6.45) is 26.8. The van der Waals surface area contributed by atoms with E-state index in [2.05, 4.69) is 200 Å². The lowest BCUT2D eigenvalue weighted by molar-refractivity contribution is -0.114. The number of carbonyl (C=O) groups is 2. The molecule has 5 aromatic carbocycles. The highest BCUT2D eigenvalue weighted by Crippen LogP contribution is 2.46. The van der Waals surface area contributed by atoms with Crippen LogP contribution < -0.4 is 9.47 Å². The summed E-state index contributed by atoms with van der Waals surface area (Å²) < 4.78 is 13.6. The second kappa shape index (κ2) is 37.8. The smallest absolute Gasteiger partial charge is 0.186 e. The molecular weight excluding hydrogens is 1300 g/mol. The number of ketones is 2. The second-order valence-electron chi connectivity index (χ2n) is 37.9. The first-order valence-electron chi connectivity index (χ1n) is 39.9. The van der Waals surface area contributed by atoms with E-state index in [1.54, 1.807) is 0 Å².